The van der Waals surface area contributed by atoms with Crippen molar-refractivity contribution in [3.8, 4) is 0 Å². The van der Waals surface area contributed by atoms with Crippen LogP contribution in [0.3, 0.4) is 0 Å². The van der Waals surface area contributed by atoms with Crippen molar-refractivity contribution in [2.45, 2.75) is 36.8 Å². The fraction of sp³-hybridized carbons (Fsp3) is 0.385. The number of aromatic amines is 1. The third-order valence-corrected chi connectivity index (χ3v) is 4.40. The lowest BCUT2D eigenvalue weighted by molar-refractivity contribution is 0.620. The van der Waals surface area contributed by atoms with Crippen LogP contribution < -0.4 is 11.4 Å². The summed E-state index contributed by atoms with van der Waals surface area (Å²) in [6, 6.07) is 6.12. The highest BCUT2D eigenvalue weighted by Gasteiger charge is 2.21. The Kier molecular flexibility index (Phi) is 4.61. The van der Waals surface area contributed by atoms with Crippen molar-refractivity contribution in [3.63, 3.8) is 0 Å². The quantitative estimate of drug-likeness (QED) is 0.826. The van der Waals surface area contributed by atoms with E-state index >= 15 is 0 Å². The summed E-state index contributed by atoms with van der Waals surface area (Å²) in [5.41, 5.74) is 6.52. The Morgan fingerprint density at radius 2 is 2.30 bits per heavy atom. The third kappa shape index (κ3) is 3.10. The summed E-state index contributed by atoms with van der Waals surface area (Å²) in [6.07, 6.45) is 0. The SMILES string of the molecule is CCn1c(SC(c2cccc(F)c2)C(C)N)n[nH]c1=O. The van der Waals surface area contributed by atoms with Gasteiger partial charge in [0.2, 0.25) is 0 Å². The van der Waals surface area contributed by atoms with Crippen LogP contribution in [0.15, 0.2) is 34.2 Å². The molecule has 2 aromatic rings. The first-order valence-corrected chi connectivity index (χ1v) is 7.23. The topological polar surface area (TPSA) is 76.7 Å². The maximum absolute atomic E-state index is 13.4. The van der Waals surface area contributed by atoms with E-state index in [4.69, 9.17) is 5.73 Å². The lowest BCUT2D eigenvalue weighted by Crippen LogP contribution is -2.23. The van der Waals surface area contributed by atoms with Gasteiger partial charge in [0.15, 0.2) is 5.16 Å². The molecule has 0 saturated heterocycles. The van der Waals surface area contributed by atoms with E-state index in [1.807, 2.05) is 19.9 Å². The fourth-order valence-corrected chi connectivity index (χ4v) is 3.11. The molecule has 2 unspecified atom stereocenters. The maximum atomic E-state index is 13.4. The van der Waals surface area contributed by atoms with Gasteiger partial charge >= 0.3 is 5.69 Å². The summed E-state index contributed by atoms with van der Waals surface area (Å²) < 4.78 is 14.9. The average Bonchev–Trinajstić information content (AvgIpc) is 2.75. The van der Waals surface area contributed by atoms with E-state index in [1.165, 1.54) is 28.5 Å². The summed E-state index contributed by atoms with van der Waals surface area (Å²) in [7, 11) is 0. The van der Waals surface area contributed by atoms with Crippen LogP contribution >= 0.6 is 11.8 Å². The summed E-state index contributed by atoms with van der Waals surface area (Å²) in [5, 5.41) is 6.80. The number of thioether (sulfide) groups is 1. The molecule has 2 atom stereocenters. The van der Waals surface area contributed by atoms with Crippen molar-refractivity contribution < 1.29 is 4.39 Å². The molecule has 108 valence electrons. The number of nitrogens with two attached hydrogens (primary N) is 1. The lowest BCUT2D eigenvalue weighted by atomic mass is 10.1. The van der Waals surface area contributed by atoms with Crippen molar-refractivity contribution in [1.82, 2.24) is 14.8 Å². The molecule has 3 N–H and O–H groups in total. The molecule has 20 heavy (non-hydrogen) atoms. The van der Waals surface area contributed by atoms with Crippen LogP contribution in [-0.4, -0.2) is 20.8 Å². The summed E-state index contributed by atoms with van der Waals surface area (Å²) in [4.78, 5) is 11.6. The Bertz CT molecular complexity index is 637. The molecule has 1 aromatic carbocycles. The molecule has 0 aliphatic carbocycles. The number of aromatic nitrogens is 3. The monoisotopic (exact) mass is 296 g/mol. The van der Waals surface area contributed by atoms with Gasteiger partial charge in [0.25, 0.3) is 0 Å². The van der Waals surface area contributed by atoms with E-state index in [1.54, 1.807) is 6.07 Å². The van der Waals surface area contributed by atoms with E-state index in [2.05, 4.69) is 10.2 Å². The Hall–Kier alpha value is -1.60. The van der Waals surface area contributed by atoms with Crippen LogP contribution in [0.2, 0.25) is 0 Å². The van der Waals surface area contributed by atoms with Gasteiger partial charge in [-0.1, -0.05) is 23.9 Å². The smallest absolute Gasteiger partial charge is 0.327 e. The Balaban J connectivity index is 2.33. The zero-order valence-corrected chi connectivity index (χ0v) is 12.2. The molecule has 5 nitrogen and oxygen atoms in total. The van der Waals surface area contributed by atoms with Crippen molar-refractivity contribution in [2.24, 2.45) is 5.73 Å². The molecule has 0 aliphatic rings. The highest BCUT2D eigenvalue weighted by atomic mass is 32.2. The molecule has 0 bridgehead atoms. The van der Waals surface area contributed by atoms with Gasteiger partial charge in [0, 0.05) is 12.6 Å². The van der Waals surface area contributed by atoms with E-state index in [0.717, 1.165) is 5.56 Å². The first kappa shape index (κ1) is 14.8. The molecule has 0 saturated carbocycles. The average molecular weight is 296 g/mol. The number of H-pyrrole nitrogens is 1. The summed E-state index contributed by atoms with van der Waals surface area (Å²) >= 11 is 1.36. The molecular weight excluding hydrogens is 279 g/mol. The Morgan fingerprint density at radius 3 is 2.90 bits per heavy atom. The van der Waals surface area contributed by atoms with Crippen molar-refractivity contribution in [1.29, 1.82) is 0 Å². The van der Waals surface area contributed by atoms with Gasteiger partial charge in [-0.05, 0) is 31.5 Å². The number of nitrogens with one attached hydrogen (secondary N) is 1. The van der Waals surface area contributed by atoms with Gasteiger partial charge in [-0.3, -0.25) is 4.57 Å². The van der Waals surface area contributed by atoms with Crippen LogP contribution in [0.25, 0.3) is 0 Å². The largest absolute Gasteiger partial charge is 0.343 e. The van der Waals surface area contributed by atoms with Crippen LogP contribution in [0, 0.1) is 5.82 Å². The summed E-state index contributed by atoms with van der Waals surface area (Å²) in [5.74, 6) is -0.302. The molecule has 0 spiro atoms. The lowest BCUT2D eigenvalue weighted by Gasteiger charge is -2.20. The van der Waals surface area contributed by atoms with E-state index in [0.29, 0.717) is 11.7 Å². The molecule has 0 amide bonds. The molecule has 0 radical (unpaired) electrons. The molecule has 7 heteroatoms. The standard InChI is InChI=1S/C13H17FN4OS/c1-3-18-12(19)16-17-13(18)20-11(8(2)15)9-5-4-6-10(14)7-9/h4-8,11H,3,15H2,1-2H3,(H,16,19). The zero-order valence-electron chi connectivity index (χ0n) is 11.3. The normalized spacial score (nSPS) is 14.2. The van der Waals surface area contributed by atoms with Crippen LogP contribution in [0.4, 0.5) is 4.39 Å². The van der Waals surface area contributed by atoms with Crippen LogP contribution in [0.5, 0.6) is 0 Å². The van der Waals surface area contributed by atoms with Gasteiger partial charge in [-0.2, -0.15) is 0 Å². The van der Waals surface area contributed by atoms with Gasteiger partial charge in [-0.15, -0.1) is 5.10 Å². The predicted molar refractivity (Wildman–Crippen MR) is 77.2 cm³/mol. The minimum atomic E-state index is -0.302. The Morgan fingerprint density at radius 1 is 1.55 bits per heavy atom. The van der Waals surface area contributed by atoms with Crippen LogP contribution in [-0.2, 0) is 6.54 Å². The molecule has 1 aromatic heterocycles. The maximum Gasteiger partial charge on any atom is 0.343 e. The van der Waals surface area contributed by atoms with Gasteiger partial charge in [0.05, 0.1) is 5.25 Å². The molecule has 0 aliphatic heterocycles. The fourth-order valence-electron chi connectivity index (χ4n) is 1.95. The minimum Gasteiger partial charge on any atom is -0.327 e. The van der Waals surface area contributed by atoms with Crippen molar-refractivity contribution in [3.05, 3.63) is 46.1 Å². The van der Waals surface area contributed by atoms with Crippen molar-refractivity contribution in [2.75, 3.05) is 0 Å². The van der Waals surface area contributed by atoms with E-state index < -0.39 is 0 Å². The van der Waals surface area contributed by atoms with Crippen molar-refractivity contribution >= 4 is 11.8 Å². The second kappa shape index (κ2) is 6.23. The first-order chi connectivity index (χ1) is 9.52. The first-order valence-electron chi connectivity index (χ1n) is 6.35. The second-order valence-electron chi connectivity index (χ2n) is 4.51. The third-order valence-electron chi connectivity index (χ3n) is 2.93. The Labute approximate surface area is 120 Å². The number of rotatable bonds is 5. The molecular formula is C13H17FN4OS. The number of benzene rings is 1. The van der Waals surface area contributed by atoms with E-state index in [-0.39, 0.29) is 22.8 Å². The number of nitrogens with zero attached hydrogens (tertiary/aromatic N) is 2. The minimum absolute atomic E-state index is 0.175. The zero-order chi connectivity index (χ0) is 14.7. The highest BCUT2D eigenvalue weighted by molar-refractivity contribution is 7.99. The predicted octanol–water partition coefficient (Wildman–Crippen LogP) is 1.91. The van der Waals surface area contributed by atoms with Gasteiger partial charge in [-0.25, -0.2) is 14.3 Å². The van der Waals surface area contributed by atoms with E-state index in [9.17, 15) is 9.18 Å². The second-order valence-corrected chi connectivity index (χ2v) is 5.62. The number of hydrogen-bond acceptors (Lipinski definition) is 4. The summed E-state index contributed by atoms with van der Waals surface area (Å²) in [6.45, 7) is 4.24. The van der Waals surface area contributed by atoms with Gasteiger partial charge < -0.3 is 5.73 Å². The van der Waals surface area contributed by atoms with Crippen LogP contribution in [0.1, 0.15) is 24.7 Å². The van der Waals surface area contributed by atoms with Gasteiger partial charge in [0.1, 0.15) is 5.82 Å². The molecule has 2 rings (SSSR count). The highest BCUT2D eigenvalue weighted by Crippen LogP contribution is 2.35. The number of halogens is 1. The molecule has 1 heterocycles. The molecule has 0 fully saturated rings. The number of hydrogen-bond donors (Lipinski definition) is 2.